The molecule has 2 aliphatic rings. The van der Waals surface area contributed by atoms with Crippen LogP contribution in [0.15, 0.2) is 24.3 Å². The van der Waals surface area contributed by atoms with E-state index >= 15 is 0 Å². The van der Waals surface area contributed by atoms with E-state index in [0.717, 1.165) is 11.1 Å². The van der Waals surface area contributed by atoms with Crippen LogP contribution in [0.4, 0.5) is 4.79 Å². The summed E-state index contributed by atoms with van der Waals surface area (Å²) in [5.74, 6) is 0.257. The van der Waals surface area contributed by atoms with Crippen LogP contribution in [0.25, 0.3) is 0 Å². The zero-order valence-corrected chi connectivity index (χ0v) is 13.4. The molecule has 2 unspecified atom stereocenters. The maximum Gasteiger partial charge on any atom is 0.407 e. The van der Waals surface area contributed by atoms with Gasteiger partial charge in [0.1, 0.15) is 5.78 Å². The van der Waals surface area contributed by atoms with Gasteiger partial charge in [0.25, 0.3) is 0 Å². The van der Waals surface area contributed by atoms with Crippen molar-refractivity contribution in [1.82, 2.24) is 4.90 Å². The van der Waals surface area contributed by atoms with Crippen molar-refractivity contribution >= 4 is 11.9 Å². The number of benzene rings is 1. The monoisotopic (exact) mass is 301 g/mol. The van der Waals surface area contributed by atoms with Gasteiger partial charge in [-0.3, -0.25) is 4.79 Å². The first kappa shape index (κ1) is 15.1. The maximum atomic E-state index is 12.8. The van der Waals surface area contributed by atoms with Gasteiger partial charge in [0.2, 0.25) is 0 Å². The number of carboxylic acid groups (broad SMARTS) is 1. The zero-order valence-electron chi connectivity index (χ0n) is 13.4. The number of likely N-dealkylation sites (tertiary alicyclic amines) is 1. The van der Waals surface area contributed by atoms with Gasteiger partial charge in [-0.05, 0) is 29.4 Å². The molecule has 3 rings (SSSR count). The number of Topliss-reactive ketones (excluding diaryl/α,β-unsaturated/α-hetero) is 1. The normalized spacial score (nSPS) is 28.0. The van der Waals surface area contributed by atoms with Crippen molar-refractivity contribution in [2.75, 3.05) is 6.54 Å². The van der Waals surface area contributed by atoms with Gasteiger partial charge >= 0.3 is 6.09 Å². The second-order valence-electron chi connectivity index (χ2n) is 7.65. The van der Waals surface area contributed by atoms with Gasteiger partial charge in [0, 0.05) is 19.0 Å². The lowest BCUT2D eigenvalue weighted by atomic mass is 9.66. The van der Waals surface area contributed by atoms with E-state index in [2.05, 4.69) is 26.8 Å². The topological polar surface area (TPSA) is 57.6 Å². The number of hydrogen-bond acceptors (Lipinski definition) is 2. The molecule has 118 valence electrons. The van der Waals surface area contributed by atoms with Gasteiger partial charge < -0.3 is 10.0 Å². The fourth-order valence-corrected chi connectivity index (χ4v) is 4.14. The Bertz CT molecular complexity index is 631. The Balaban J connectivity index is 2.04. The van der Waals surface area contributed by atoms with Crippen molar-refractivity contribution in [2.24, 2.45) is 5.41 Å². The summed E-state index contributed by atoms with van der Waals surface area (Å²) in [7, 11) is 0. The lowest BCUT2D eigenvalue weighted by Gasteiger charge is -2.48. The van der Waals surface area contributed by atoms with E-state index in [4.69, 9.17) is 0 Å². The van der Waals surface area contributed by atoms with E-state index in [1.165, 1.54) is 4.90 Å². The molecule has 1 amide bonds. The summed E-state index contributed by atoms with van der Waals surface area (Å²) in [6, 6.07) is 7.88. The lowest BCUT2D eigenvalue weighted by Crippen LogP contribution is -2.57. The molecule has 0 bridgehead atoms. The summed E-state index contributed by atoms with van der Waals surface area (Å²) in [6.07, 6.45) is 0.800. The largest absolute Gasteiger partial charge is 0.465 e. The highest BCUT2D eigenvalue weighted by Crippen LogP contribution is 2.48. The SMILES string of the molecule is CC(C)(C)C1CC2(CCN1C(=O)O)C(=O)Cc1ccccc12. The molecule has 1 N–H and O–H groups in total. The van der Waals surface area contributed by atoms with Gasteiger partial charge in [-0.1, -0.05) is 45.0 Å². The first-order valence-electron chi connectivity index (χ1n) is 7.87. The third-order valence-corrected chi connectivity index (χ3v) is 5.36. The smallest absolute Gasteiger partial charge is 0.407 e. The molecule has 22 heavy (non-hydrogen) atoms. The number of nitrogens with zero attached hydrogens (tertiary/aromatic N) is 1. The Morgan fingerprint density at radius 2 is 2.00 bits per heavy atom. The summed E-state index contributed by atoms with van der Waals surface area (Å²) in [4.78, 5) is 25.9. The molecule has 2 atom stereocenters. The quantitative estimate of drug-likeness (QED) is 0.800. The van der Waals surface area contributed by atoms with Crippen molar-refractivity contribution in [3.63, 3.8) is 0 Å². The number of carbonyl (C=O) groups excluding carboxylic acids is 1. The molecule has 1 aliphatic carbocycles. The Kier molecular flexibility index (Phi) is 3.31. The van der Waals surface area contributed by atoms with Crippen molar-refractivity contribution < 1.29 is 14.7 Å². The van der Waals surface area contributed by atoms with Gasteiger partial charge in [-0.2, -0.15) is 0 Å². The molecule has 1 aromatic rings. The number of piperidine rings is 1. The minimum atomic E-state index is -0.881. The van der Waals surface area contributed by atoms with Gasteiger partial charge in [0.05, 0.1) is 5.41 Å². The second kappa shape index (κ2) is 4.83. The van der Waals surface area contributed by atoms with Crippen LogP contribution in [0.3, 0.4) is 0 Å². The van der Waals surface area contributed by atoms with Gasteiger partial charge in [-0.15, -0.1) is 0 Å². The Morgan fingerprint density at radius 3 is 2.64 bits per heavy atom. The highest BCUT2D eigenvalue weighted by atomic mass is 16.4. The third kappa shape index (κ3) is 2.13. The first-order chi connectivity index (χ1) is 10.3. The predicted octanol–water partition coefficient (Wildman–Crippen LogP) is 3.24. The van der Waals surface area contributed by atoms with Gasteiger partial charge in [-0.25, -0.2) is 4.79 Å². The molecule has 1 saturated heterocycles. The minimum absolute atomic E-state index is 0.145. The van der Waals surface area contributed by atoms with Crippen LogP contribution in [0, 0.1) is 5.41 Å². The number of rotatable bonds is 0. The van der Waals surface area contributed by atoms with Crippen molar-refractivity contribution in [2.45, 2.75) is 51.5 Å². The molecule has 1 spiro atoms. The molecule has 4 heteroatoms. The highest BCUT2D eigenvalue weighted by Gasteiger charge is 2.53. The molecule has 0 radical (unpaired) electrons. The Hall–Kier alpha value is -1.84. The van der Waals surface area contributed by atoms with Crippen LogP contribution in [0.2, 0.25) is 0 Å². The van der Waals surface area contributed by atoms with Gasteiger partial charge in [0.15, 0.2) is 0 Å². The lowest BCUT2D eigenvalue weighted by molar-refractivity contribution is -0.126. The maximum absolute atomic E-state index is 12.8. The standard InChI is InChI=1S/C18H23NO3/c1-17(2,3)14-11-18(8-9-19(14)16(21)22)13-7-5-4-6-12(13)10-15(18)20/h4-7,14H,8-11H2,1-3H3,(H,21,22). The van der Waals surface area contributed by atoms with Crippen LogP contribution in [-0.2, 0) is 16.6 Å². The Morgan fingerprint density at radius 1 is 1.32 bits per heavy atom. The number of hydrogen-bond donors (Lipinski definition) is 1. The van der Waals surface area contributed by atoms with Crippen molar-refractivity contribution in [3.05, 3.63) is 35.4 Å². The first-order valence-corrected chi connectivity index (χ1v) is 7.87. The Labute approximate surface area is 131 Å². The number of amides is 1. The van der Waals surface area contributed by atoms with Crippen molar-refractivity contribution in [3.8, 4) is 0 Å². The highest BCUT2D eigenvalue weighted by molar-refractivity contribution is 5.97. The molecule has 1 fully saturated rings. The predicted molar refractivity (Wildman–Crippen MR) is 84.0 cm³/mol. The fourth-order valence-electron chi connectivity index (χ4n) is 4.14. The van der Waals surface area contributed by atoms with Crippen LogP contribution < -0.4 is 0 Å². The second-order valence-corrected chi connectivity index (χ2v) is 7.65. The summed E-state index contributed by atoms with van der Waals surface area (Å²) >= 11 is 0. The fraction of sp³-hybridized carbons (Fsp3) is 0.556. The molecule has 1 aliphatic heterocycles. The van der Waals surface area contributed by atoms with E-state index in [0.29, 0.717) is 25.8 Å². The molecule has 0 aromatic heterocycles. The van der Waals surface area contributed by atoms with Crippen LogP contribution in [0.1, 0.15) is 44.7 Å². The molecular weight excluding hydrogens is 278 g/mol. The zero-order chi connectivity index (χ0) is 16.1. The average molecular weight is 301 g/mol. The van der Waals surface area contributed by atoms with Crippen LogP contribution >= 0.6 is 0 Å². The summed E-state index contributed by atoms with van der Waals surface area (Å²) in [5.41, 5.74) is 1.56. The molecule has 1 heterocycles. The van der Waals surface area contributed by atoms with E-state index in [1.807, 2.05) is 18.2 Å². The average Bonchev–Trinajstić information content (AvgIpc) is 2.71. The molecule has 1 aromatic carbocycles. The van der Waals surface area contributed by atoms with Crippen LogP contribution in [0.5, 0.6) is 0 Å². The summed E-state index contributed by atoms with van der Waals surface area (Å²) in [6.45, 7) is 6.59. The van der Waals surface area contributed by atoms with Crippen LogP contribution in [-0.4, -0.2) is 34.5 Å². The van der Waals surface area contributed by atoms with E-state index < -0.39 is 11.5 Å². The summed E-state index contributed by atoms with van der Waals surface area (Å²) < 4.78 is 0. The number of fused-ring (bicyclic) bond motifs is 2. The van der Waals surface area contributed by atoms with Crippen molar-refractivity contribution in [1.29, 1.82) is 0 Å². The molecule has 0 saturated carbocycles. The van der Waals surface area contributed by atoms with E-state index in [-0.39, 0.29) is 17.2 Å². The third-order valence-electron chi connectivity index (χ3n) is 5.36. The molecular formula is C18H23NO3. The van der Waals surface area contributed by atoms with E-state index in [9.17, 15) is 14.7 Å². The number of carbonyl (C=O) groups is 2. The van der Waals surface area contributed by atoms with E-state index in [1.54, 1.807) is 0 Å². The number of ketones is 1. The summed E-state index contributed by atoms with van der Waals surface area (Å²) in [5, 5.41) is 9.51. The molecule has 4 nitrogen and oxygen atoms in total. The minimum Gasteiger partial charge on any atom is -0.465 e.